The molecule has 1 saturated heterocycles. The lowest BCUT2D eigenvalue weighted by molar-refractivity contribution is -0.384. The van der Waals surface area contributed by atoms with Crippen molar-refractivity contribution in [3.05, 3.63) is 27.9 Å². The number of piperidine rings is 1. The molecule has 0 radical (unpaired) electrons. The van der Waals surface area contributed by atoms with Crippen LogP contribution in [0.3, 0.4) is 0 Å². The summed E-state index contributed by atoms with van der Waals surface area (Å²) in [6.07, 6.45) is 3.08. The predicted molar refractivity (Wildman–Crippen MR) is 72.8 cm³/mol. The molecule has 1 aliphatic heterocycles. The van der Waals surface area contributed by atoms with Crippen LogP contribution in [-0.4, -0.2) is 33.6 Å². The Kier molecular flexibility index (Phi) is 3.87. The molecule has 0 aliphatic carbocycles. The SMILES string of the molecule is Cc1ccnc(N2CCCC(C)C2C(=O)O)c1[N+](=O)[O-]. The van der Waals surface area contributed by atoms with E-state index in [1.54, 1.807) is 17.9 Å². The van der Waals surface area contributed by atoms with Crippen molar-refractivity contribution < 1.29 is 14.8 Å². The van der Waals surface area contributed by atoms with E-state index < -0.39 is 16.9 Å². The van der Waals surface area contributed by atoms with Crippen LogP contribution in [0.2, 0.25) is 0 Å². The van der Waals surface area contributed by atoms with Gasteiger partial charge in [0.15, 0.2) is 0 Å². The van der Waals surface area contributed by atoms with Gasteiger partial charge in [0.2, 0.25) is 5.82 Å². The summed E-state index contributed by atoms with van der Waals surface area (Å²) in [6.45, 7) is 3.96. The monoisotopic (exact) mass is 279 g/mol. The van der Waals surface area contributed by atoms with Gasteiger partial charge < -0.3 is 10.0 Å². The number of aliphatic carboxylic acids is 1. The van der Waals surface area contributed by atoms with E-state index in [-0.39, 0.29) is 17.4 Å². The van der Waals surface area contributed by atoms with Gasteiger partial charge in [0.05, 0.1) is 4.92 Å². The Bertz CT molecular complexity index is 546. The molecule has 1 N–H and O–H groups in total. The summed E-state index contributed by atoms with van der Waals surface area (Å²) < 4.78 is 0. The van der Waals surface area contributed by atoms with Crippen molar-refractivity contribution in [3.63, 3.8) is 0 Å². The molecule has 1 aromatic heterocycles. The normalized spacial score (nSPS) is 22.6. The number of carboxylic acid groups (broad SMARTS) is 1. The fourth-order valence-corrected chi connectivity index (χ4v) is 2.77. The second kappa shape index (κ2) is 5.44. The minimum absolute atomic E-state index is 0.0665. The number of nitrogens with zero attached hydrogens (tertiary/aromatic N) is 3. The molecule has 0 amide bonds. The molecule has 20 heavy (non-hydrogen) atoms. The fraction of sp³-hybridized carbons (Fsp3) is 0.538. The highest BCUT2D eigenvalue weighted by atomic mass is 16.6. The quantitative estimate of drug-likeness (QED) is 0.671. The van der Waals surface area contributed by atoms with Crippen molar-refractivity contribution in [3.8, 4) is 0 Å². The number of aryl methyl sites for hydroxylation is 1. The highest BCUT2D eigenvalue weighted by Gasteiger charge is 2.38. The summed E-state index contributed by atoms with van der Waals surface area (Å²) in [6, 6.07) is 0.793. The number of carbonyl (C=O) groups is 1. The van der Waals surface area contributed by atoms with Gasteiger partial charge in [-0.2, -0.15) is 0 Å². The standard InChI is InChI=1S/C13H17N3O4/c1-8-4-3-7-15(11(8)13(17)18)12-10(16(19)20)9(2)5-6-14-12/h5-6,8,11H,3-4,7H2,1-2H3,(H,17,18). The molecule has 1 fully saturated rings. The van der Waals surface area contributed by atoms with Gasteiger partial charge in [0.25, 0.3) is 0 Å². The molecule has 7 heteroatoms. The summed E-state index contributed by atoms with van der Waals surface area (Å²) in [5, 5.41) is 20.6. The Morgan fingerprint density at radius 2 is 2.30 bits per heavy atom. The predicted octanol–water partition coefficient (Wildman–Crippen LogP) is 1.99. The van der Waals surface area contributed by atoms with Crippen LogP contribution in [0.25, 0.3) is 0 Å². The van der Waals surface area contributed by atoms with Crippen molar-refractivity contribution in [2.75, 3.05) is 11.4 Å². The molecule has 1 aromatic rings. The number of hydrogen-bond donors (Lipinski definition) is 1. The van der Waals surface area contributed by atoms with E-state index in [2.05, 4.69) is 4.98 Å². The van der Waals surface area contributed by atoms with Crippen molar-refractivity contribution in [2.24, 2.45) is 5.92 Å². The van der Waals surface area contributed by atoms with Gasteiger partial charge in [-0.1, -0.05) is 6.92 Å². The molecule has 108 valence electrons. The molecule has 2 rings (SSSR count). The van der Waals surface area contributed by atoms with Crippen LogP contribution >= 0.6 is 0 Å². The van der Waals surface area contributed by atoms with Crippen LogP contribution < -0.4 is 4.90 Å². The third-order valence-electron chi connectivity index (χ3n) is 3.75. The van der Waals surface area contributed by atoms with E-state index in [4.69, 9.17) is 0 Å². The fourth-order valence-electron chi connectivity index (χ4n) is 2.77. The van der Waals surface area contributed by atoms with Gasteiger partial charge in [0, 0.05) is 18.3 Å². The number of anilines is 1. The molecule has 1 aliphatic rings. The average molecular weight is 279 g/mol. The number of carboxylic acids is 1. The topological polar surface area (TPSA) is 96.6 Å². The Balaban J connectivity index is 2.51. The first-order chi connectivity index (χ1) is 9.43. The Hall–Kier alpha value is -2.18. The van der Waals surface area contributed by atoms with E-state index in [9.17, 15) is 20.0 Å². The molecule has 0 spiro atoms. The van der Waals surface area contributed by atoms with Gasteiger partial charge in [-0.25, -0.2) is 9.78 Å². The molecule has 2 heterocycles. The van der Waals surface area contributed by atoms with Gasteiger partial charge in [-0.15, -0.1) is 0 Å². The maximum absolute atomic E-state index is 11.5. The van der Waals surface area contributed by atoms with Crippen LogP contribution in [0.15, 0.2) is 12.3 Å². The Morgan fingerprint density at radius 1 is 1.60 bits per heavy atom. The molecule has 0 saturated carbocycles. The zero-order valence-electron chi connectivity index (χ0n) is 11.4. The molecular weight excluding hydrogens is 262 g/mol. The zero-order chi connectivity index (χ0) is 14.9. The van der Waals surface area contributed by atoms with E-state index in [1.165, 1.54) is 6.20 Å². The number of pyridine rings is 1. The second-order valence-corrected chi connectivity index (χ2v) is 5.15. The first-order valence-corrected chi connectivity index (χ1v) is 6.53. The Labute approximate surface area is 116 Å². The number of rotatable bonds is 3. The highest BCUT2D eigenvalue weighted by molar-refractivity contribution is 5.80. The van der Waals surface area contributed by atoms with E-state index >= 15 is 0 Å². The van der Waals surface area contributed by atoms with E-state index in [1.807, 2.05) is 6.92 Å². The molecule has 2 atom stereocenters. The number of aromatic nitrogens is 1. The Morgan fingerprint density at radius 3 is 2.90 bits per heavy atom. The number of nitro groups is 1. The first-order valence-electron chi connectivity index (χ1n) is 6.53. The van der Waals surface area contributed by atoms with Crippen molar-refractivity contribution >= 4 is 17.5 Å². The van der Waals surface area contributed by atoms with Gasteiger partial charge in [-0.05, 0) is 31.7 Å². The van der Waals surface area contributed by atoms with Crippen LogP contribution in [0, 0.1) is 23.0 Å². The van der Waals surface area contributed by atoms with Crippen molar-refractivity contribution in [1.29, 1.82) is 0 Å². The maximum atomic E-state index is 11.5. The molecule has 7 nitrogen and oxygen atoms in total. The van der Waals surface area contributed by atoms with Crippen molar-refractivity contribution in [1.82, 2.24) is 4.98 Å². The summed E-state index contributed by atoms with van der Waals surface area (Å²) >= 11 is 0. The lowest BCUT2D eigenvalue weighted by Gasteiger charge is -2.37. The van der Waals surface area contributed by atoms with Crippen LogP contribution in [0.1, 0.15) is 25.3 Å². The third-order valence-corrected chi connectivity index (χ3v) is 3.75. The summed E-state index contributed by atoms with van der Waals surface area (Å²) in [7, 11) is 0. The van der Waals surface area contributed by atoms with Gasteiger partial charge >= 0.3 is 11.7 Å². The largest absolute Gasteiger partial charge is 0.480 e. The minimum atomic E-state index is -0.963. The van der Waals surface area contributed by atoms with Crippen LogP contribution in [0.4, 0.5) is 11.5 Å². The molecule has 0 aromatic carbocycles. The average Bonchev–Trinajstić information content (AvgIpc) is 2.37. The molecular formula is C13H17N3O4. The van der Waals surface area contributed by atoms with Gasteiger partial charge in [0.1, 0.15) is 6.04 Å². The highest BCUT2D eigenvalue weighted by Crippen LogP contribution is 2.34. The van der Waals surface area contributed by atoms with Crippen LogP contribution in [0.5, 0.6) is 0 Å². The summed E-state index contributed by atoms with van der Waals surface area (Å²) in [4.78, 5) is 27.8. The first kappa shape index (κ1) is 14.2. The lowest BCUT2D eigenvalue weighted by atomic mass is 9.90. The van der Waals surface area contributed by atoms with Gasteiger partial charge in [-0.3, -0.25) is 10.1 Å². The maximum Gasteiger partial charge on any atom is 0.326 e. The summed E-state index contributed by atoms with van der Waals surface area (Å²) in [5.41, 5.74) is 0.384. The third kappa shape index (κ3) is 2.43. The van der Waals surface area contributed by atoms with Crippen molar-refractivity contribution in [2.45, 2.75) is 32.7 Å². The zero-order valence-corrected chi connectivity index (χ0v) is 11.4. The molecule has 2 unspecified atom stereocenters. The lowest BCUT2D eigenvalue weighted by Crippen LogP contribution is -2.50. The minimum Gasteiger partial charge on any atom is -0.480 e. The number of hydrogen-bond acceptors (Lipinski definition) is 5. The van der Waals surface area contributed by atoms with E-state index in [0.29, 0.717) is 12.1 Å². The smallest absolute Gasteiger partial charge is 0.326 e. The summed E-state index contributed by atoms with van der Waals surface area (Å²) in [5.74, 6) is -0.869. The van der Waals surface area contributed by atoms with Crippen LogP contribution in [-0.2, 0) is 4.79 Å². The second-order valence-electron chi connectivity index (χ2n) is 5.15. The van der Waals surface area contributed by atoms with E-state index in [0.717, 1.165) is 12.8 Å². The molecule has 0 bridgehead atoms.